The summed E-state index contributed by atoms with van der Waals surface area (Å²) in [4.78, 5) is 34.9. The van der Waals surface area contributed by atoms with Crippen LogP contribution in [-0.4, -0.2) is 33.6 Å². The number of rotatable bonds is 9. The summed E-state index contributed by atoms with van der Waals surface area (Å²) >= 11 is 0. The predicted molar refractivity (Wildman–Crippen MR) is 113 cm³/mol. The highest BCUT2D eigenvalue weighted by atomic mass is 16.4. The molecule has 3 N–H and O–H groups in total. The number of aliphatic carboxylic acids is 2. The van der Waals surface area contributed by atoms with Crippen LogP contribution in [0.15, 0.2) is 54.6 Å². The van der Waals surface area contributed by atoms with Crippen LogP contribution in [0.4, 0.5) is 0 Å². The Morgan fingerprint density at radius 1 is 0.967 bits per heavy atom. The van der Waals surface area contributed by atoms with Gasteiger partial charge in [0, 0.05) is 17.4 Å². The van der Waals surface area contributed by atoms with Gasteiger partial charge in [-0.15, -0.1) is 0 Å². The second-order valence-electron chi connectivity index (χ2n) is 8.33. The molecule has 158 valence electrons. The molecule has 0 bridgehead atoms. The van der Waals surface area contributed by atoms with E-state index in [0.717, 1.165) is 16.7 Å². The monoisotopic (exact) mass is 409 g/mol. The van der Waals surface area contributed by atoms with Gasteiger partial charge in [0.2, 0.25) is 5.91 Å². The van der Waals surface area contributed by atoms with E-state index in [1.807, 2.05) is 54.6 Å². The van der Waals surface area contributed by atoms with Crippen LogP contribution >= 0.6 is 0 Å². The molecule has 4 atom stereocenters. The fourth-order valence-electron chi connectivity index (χ4n) is 4.05. The lowest BCUT2D eigenvalue weighted by atomic mass is 9.94. The van der Waals surface area contributed by atoms with Crippen molar-refractivity contribution in [1.29, 1.82) is 0 Å². The van der Waals surface area contributed by atoms with Crippen molar-refractivity contribution in [2.75, 3.05) is 0 Å². The first-order valence-electron chi connectivity index (χ1n) is 10.1. The van der Waals surface area contributed by atoms with Gasteiger partial charge in [0.1, 0.15) is 0 Å². The maximum absolute atomic E-state index is 12.6. The van der Waals surface area contributed by atoms with E-state index >= 15 is 0 Å². The average molecular weight is 409 g/mol. The summed E-state index contributed by atoms with van der Waals surface area (Å²) in [5.74, 6) is -3.58. The standard InChI is InChI=1S/C24H27NO5/c1-15(12-21(26)27)22(28)25-24(13-16(2)23(29)30)14-20(24)19-10-8-18(9-11-19)17-6-4-3-5-7-17/h3-11,15-16,20H,12-14H2,1-2H3,(H,25,28)(H,26,27)(H,29,30)/t15?,16-,20+,24?/m1/s1. The minimum absolute atomic E-state index is 0.00472. The zero-order chi connectivity index (χ0) is 21.9. The van der Waals surface area contributed by atoms with Gasteiger partial charge in [-0.05, 0) is 29.5 Å². The highest BCUT2D eigenvalue weighted by molar-refractivity contribution is 5.84. The Morgan fingerprint density at radius 3 is 2.13 bits per heavy atom. The van der Waals surface area contributed by atoms with Crippen molar-refractivity contribution in [1.82, 2.24) is 5.32 Å². The first-order valence-corrected chi connectivity index (χ1v) is 10.1. The van der Waals surface area contributed by atoms with Crippen LogP contribution in [0, 0.1) is 11.8 Å². The summed E-state index contributed by atoms with van der Waals surface area (Å²) in [5, 5.41) is 21.3. The number of carboxylic acids is 2. The van der Waals surface area contributed by atoms with Gasteiger partial charge in [-0.3, -0.25) is 14.4 Å². The largest absolute Gasteiger partial charge is 0.481 e. The molecule has 1 amide bonds. The summed E-state index contributed by atoms with van der Waals surface area (Å²) in [7, 11) is 0. The van der Waals surface area contributed by atoms with E-state index in [0.29, 0.717) is 12.8 Å². The topological polar surface area (TPSA) is 104 Å². The molecule has 6 heteroatoms. The number of benzene rings is 2. The highest BCUT2D eigenvalue weighted by Gasteiger charge is 2.57. The van der Waals surface area contributed by atoms with Gasteiger partial charge < -0.3 is 15.5 Å². The maximum Gasteiger partial charge on any atom is 0.306 e. The van der Waals surface area contributed by atoms with Crippen LogP contribution in [0.3, 0.4) is 0 Å². The van der Waals surface area contributed by atoms with E-state index in [1.54, 1.807) is 13.8 Å². The molecule has 0 heterocycles. The fraction of sp³-hybridized carbons (Fsp3) is 0.375. The van der Waals surface area contributed by atoms with Gasteiger partial charge in [-0.25, -0.2) is 0 Å². The number of hydrogen-bond donors (Lipinski definition) is 3. The van der Waals surface area contributed by atoms with Crippen LogP contribution in [0.2, 0.25) is 0 Å². The summed E-state index contributed by atoms with van der Waals surface area (Å²) in [6, 6.07) is 18.1. The lowest BCUT2D eigenvalue weighted by Crippen LogP contribution is -2.43. The molecule has 1 saturated carbocycles. The van der Waals surface area contributed by atoms with Crippen molar-refractivity contribution >= 4 is 17.8 Å². The van der Waals surface area contributed by atoms with Crippen molar-refractivity contribution in [2.24, 2.45) is 11.8 Å². The summed E-state index contributed by atoms with van der Waals surface area (Å²) in [6.07, 6.45) is 0.687. The van der Waals surface area contributed by atoms with Crippen molar-refractivity contribution < 1.29 is 24.6 Å². The van der Waals surface area contributed by atoms with Crippen molar-refractivity contribution in [3.05, 3.63) is 60.2 Å². The van der Waals surface area contributed by atoms with E-state index in [2.05, 4.69) is 5.32 Å². The number of amides is 1. The van der Waals surface area contributed by atoms with Crippen LogP contribution in [0.5, 0.6) is 0 Å². The van der Waals surface area contributed by atoms with Crippen LogP contribution in [-0.2, 0) is 14.4 Å². The summed E-state index contributed by atoms with van der Waals surface area (Å²) in [6.45, 7) is 3.20. The molecule has 0 radical (unpaired) electrons. The van der Waals surface area contributed by atoms with Gasteiger partial charge >= 0.3 is 11.9 Å². The zero-order valence-electron chi connectivity index (χ0n) is 17.2. The lowest BCUT2D eigenvalue weighted by molar-refractivity contribution is -0.142. The molecule has 30 heavy (non-hydrogen) atoms. The maximum atomic E-state index is 12.6. The number of carbonyl (C=O) groups excluding carboxylic acids is 1. The molecule has 1 aliphatic carbocycles. The molecule has 6 nitrogen and oxygen atoms in total. The Labute approximate surface area is 175 Å². The molecule has 2 unspecified atom stereocenters. The molecule has 0 spiro atoms. The number of hydrogen-bond acceptors (Lipinski definition) is 3. The molecular weight excluding hydrogens is 382 g/mol. The Balaban J connectivity index is 1.78. The Hall–Kier alpha value is -3.15. The lowest BCUT2D eigenvalue weighted by Gasteiger charge is -2.24. The molecule has 3 rings (SSSR count). The molecule has 0 aliphatic heterocycles. The van der Waals surface area contributed by atoms with Gasteiger partial charge in [0.25, 0.3) is 0 Å². The van der Waals surface area contributed by atoms with E-state index in [1.165, 1.54) is 0 Å². The minimum Gasteiger partial charge on any atom is -0.481 e. The van der Waals surface area contributed by atoms with Crippen molar-refractivity contribution in [3.63, 3.8) is 0 Å². The van der Waals surface area contributed by atoms with Crippen LogP contribution in [0.1, 0.15) is 44.6 Å². The first-order chi connectivity index (χ1) is 14.2. The third-order valence-corrected chi connectivity index (χ3v) is 5.89. The van der Waals surface area contributed by atoms with Crippen LogP contribution < -0.4 is 5.32 Å². The summed E-state index contributed by atoms with van der Waals surface area (Å²) in [5.41, 5.74) is 2.58. The van der Waals surface area contributed by atoms with E-state index in [-0.39, 0.29) is 18.2 Å². The third-order valence-electron chi connectivity index (χ3n) is 5.89. The van der Waals surface area contributed by atoms with Gasteiger partial charge in [0.05, 0.1) is 12.3 Å². The number of nitrogens with one attached hydrogen (secondary N) is 1. The first kappa shape index (κ1) is 21.6. The molecule has 1 fully saturated rings. The Bertz CT molecular complexity index is 924. The second-order valence-corrected chi connectivity index (χ2v) is 8.33. The zero-order valence-corrected chi connectivity index (χ0v) is 17.2. The second kappa shape index (κ2) is 8.69. The van der Waals surface area contributed by atoms with Gasteiger partial charge in [-0.1, -0.05) is 68.4 Å². The van der Waals surface area contributed by atoms with Crippen LogP contribution in [0.25, 0.3) is 11.1 Å². The van der Waals surface area contributed by atoms with E-state index in [9.17, 15) is 19.5 Å². The van der Waals surface area contributed by atoms with E-state index < -0.39 is 29.3 Å². The van der Waals surface area contributed by atoms with Gasteiger partial charge in [-0.2, -0.15) is 0 Å². The Morgan fingerprint density at radius 2 is 1.57 bits per heavy atom. The fourth-order valence-corrected chi connectivity index (χ4v) is 4.05. The number of carboxylic acid groups (broad SMARTS) is 2. The Kier molecular flexibility index (Phi) is 6.25. The van der Waals surface area contributed by atoms with Gasteiger partial charge in [0.15, 0.2) is 0 Å². The molecule has 1 aliphatic rings. The highest BCUT2D eigenvalue weighted by Crippen LogP contribution is 2.55. The molecule has 0 saturated heterocycles. The van der Waals surface area contributed by atoms with Crippen molar-refractivity contribution in [3.8, 4) is 11.1 Å². The van der Waals surface area contributed by atoms with E-state index in [4.69, 9.17) is 5.11 Å². The molecular formula is C24H27NO5. The summed E-state index contributed by atoms with van der Waals surface area (Å²) < 4.78 is 0. The third kappa shape index (κ3) is 4.87. The van der Waals surface area contributed by atoms with Crippen molar-refractivity contribution in [2.45, 2.75) is 44.6 Å². The minimum atomic E-state index is -1.03. The average Bonchev–Trinajstić information content (AvgIpc) is 3.41. The smallest absolute Gasteiger partial charge is 0.306 e. The molecule has 0 aromatic heterocycles. The SMILES string of the molecule is CC(CC(=O)O)C(=O)NC1(C[C@@H](C)C(=O)O)C[C@H]1c1ccc(-c2ccccc2)cc1. The quantitative estimate of drug-likeness (QED) is 0.582. The molecule has 2 aromatic rings. The molecule has 2 aromatic carbocycles. The normalized spacial score (nSPS) is 22.0. The number of carbonyl (C=O) groups is 3. The predicted octanol–water partition coefficient (Wildman–Crippen LogP) is 3.92.